The first-order valence-electron chi connectivity index (χ1n) is 7.84. The number of ether oxygens (including phenoxy) is 1. The van der Waals surface area contributed by atoms with E-state index in [9.17, 15) is 4.79 Å². The van der Waals surface area contributed by atoms with Crippen molar-refractivity contribution < 1.29 is 9.53 Å². The van der Waals surface area contributed by atoms with Crippen molar-refractivity contribution in [2.24, 2.45) is 17.6 Å². The zero-order chi connectivity index (χ0) is 13.4. The van der Waals surface area contributed by atoms with Crippen molar-refractivity contribution >= 4 is 5.91 Å². The Hall–Kier alpha value is -0.610. The van der Waals surface area contributed by atoms with Crippen molar-refractivity contribution in [3.63, 3.8) is 0 Å². The average molecular weight is 266 g/mol. The fourth-order valence-corrected chi connectivity index (χ4v) is 4.10. The maximum absolute atomic E-state index is 12.8. The van der Waals surface area contributed by atoms with E-state index < -0.39 is 0 Å². The van der Waals surface area contributed by atoms with E-state index in [-0.39, 0.29) is 18.1 Å². The molecule has 19 heavy (non-hydrogen) atoms. The van der Waals surface area contributed by atoms with Crippen LogP contribution in [0.5, 0.6) is 0 Å². The van der Waals surface area contributed by atoms with Gasteiger partial charge in [0.2, 0.25) is 5.91 Å². The summed E-state index contributed by atoms with van der Waals surface area (Å²) in [6.07, 6.45) is 6.82. The molecule has 4 nitrogen and oxygen atoms in total. The smallest absolute Gasteiger partial charge is 0.227 e. The summed E-state index contributed by atoms with van der Waals surface area (Å²) in [4.78, 5) is 14.9. The lowest BCUT2D eigenvalue weighted by Gasteiger charge is -2.42. The maximum Gasteiger partial charge on any atom is 0.227 e. The lowest BCUT2D eigenvalue weighted by atomic mass is 9.78. The van der Waals surface area contributed by atoms with Crippen molar-refractivity contribution in [3.8, 4) is 0 Å². The Morgan fingerprint density at radius 3 is 2.95 bits per heavy atom. The largest absolute Gasteiger partial charge is 0.374 e. The van der Waals surface area contributed by atoms with Crippen LogP contribution in [-0.4, -0.2) is 42.1 Å². The van der Waals surface area contributed by atoms with Gasteiger partial charge in [0, 0.05) is 12.6 Å². The molecule has 1 saturated heterocycles. The van der Waals surface area contributed by atoms with Crippen molar-refractivity contribution in [1.29, 1.82) is 0 Å². The van der Waals surface area contributed by atoms with Crippen LogP contribution in [0.1, 0.15) is 45.4 Å². The van der Waals surface area contributed by atoms with Gasteiger partial charge < -0.3 is 15.4 Å². The van der Waals surface area contributed by atoms with E-state index >= 15 is 0 Å². The van der Waals surface area contributed by atoms with Gasteiger partial charge in [-0.1, -0.05) is 6.92 Å². The van der Waals surface area contributed by atoms with Crippen molar-refractivity contribution in [2.75, 3.05) is 13.2 Å². The number of rotatable bonds is 1. The van der Waals surface area contributed by atoms with Gasteiger partial charge in [-0.25, -0.2) is 0 Å². The molecule has 1 amide bonds. The number of carbonyl (C=O) groups excluding carboxylic acids is 1. The van der Waals surface area contributed by atoms with Crippen LogP contribution in [0.25, 0.3) is 0 Å². The Kier molecular flexibility index (Phi) is 3.81. The second-order valence-electron chi connectivity index (χ2n) is 6.63. The van der Waals surface area contributed by atoms with Gasteiger partial charge in [0.05, 0.1) is 24.7 Å². The first-order chi connectivity index (χ1) is 9.16. The molecule has 0 bridgehead atoms. The van der Waals surface area contributed by atoms with Crippen LogP contribution in [0.2, 0.25) is 0 Å². The molecule has 2 N–H and O–H groups in total. The molecule has 3 rings (SSSR count). The molecule has 1 heterocycles. The molecule has 0 aromatic heterocycles. The molecule has 0 radical (unpaired) electrons. The van der Waals surface area contributed by atoms with Crippen molar-refractivity contribution in [1.82, 2.24) is 4.90 Å². The number of nitrogens with zero attached hydrogens (tertiary/aromatic N) is 1. The molecule has 0 aromatic rings. The summed E-state index contributed by atoms with van der Waals surface area (Å²) in [6, 6.07) is 0.386. The lowest BCUT2D eigenvalue weighted by molar-refractivity contribution is -0.150. The van der Waals surface area contributed by atoms with Crippen LogP contribution in [0.3, 0.4) is 0 Å². The molecule has 4 heteroatoms. The summed E-state index contributed by atoms with van der Waals surface area (Å²) in [6.45, 7) is 3.70. The molecule has 2 aliphatic carbocycles. The van der Waals surface area contributed by atoms with Crippen LogP contribution in [0.4, 0.5) is 0 Å². The monoisotopic (exact) mass is 266 g/mol. The van der Waals surface area contributed by atoms with E-state index in [0.29, 0.717) is 24.5 Å². The van der Waals surface area contributed by atoms with E-state index in [1.54, 1.807) is 0 Å². The quantitative estimate of drug-likeness (QED) is 0.783. The summed E-state index contributed by atoms with van der Waals surface area (Å²) < 4.78 is 5.79. The van der Waals surface area contributed by atoms with E-state index in [1.165, 1.54) is 12.8 Å². The maximum atomic E-state index is 12.8. The molecule has 5 unspecified atom stereocenters. The average Bonchev–Trinajstić information content (AvgIpc) is 2.89. The number of fused-ring (bicyclic) bond motifs is 1. The van der Waals surface area contributed by atoms with Crippen LogP contribution >= 0.6 is 0 Å². The molecule has 108 valence electrons. The molecule has 3 aliphatic rings. The third-order valence-corrected chi connectivity index (χ3v) is 5.25. The zero-order valence-corrected chi connectivity index (χ0v) is 11.9. The highest BCUT2D eigenvalue weighted by molar-refractivity contribution is 5.80. The molecule has 0 aromatic carbocycles. The second-order valence-corrected chi connectivity index (χ2v) is 6.63. The number of amides is 1. The summed E-state index contributed by atoms with van der Waals surface area (Å²) in [5.74, 6) is 0.983. The molecule has 3 fully saturated rings. The standard InChI is InChI=1S/C15H26N2O2/c1-10-5-6-12(16)11(9-10)15(18)17-7-8-19-14-4-2-3-13(14)17/h10-14H,2-9,16H2,1H3. The Labute approximate surface area is 115 Å². The van der Waals surface area contributed by atoms with Gasteiger partial charge in [0.1, 0.15) is 0 Å². The second kappa shape index (κ2) is 5.41. The van der Waals surface area contributed by atoms with Crippen LogP contribution in [0, 0.1) is 11.8 Å². The number of hydrogen-bond acceptors (Lipinski definition) is 3. The lowest BCUT2D eigenvalue weighted by Crippen LogP contribution is -2.56. The molecular formula is C15H26N2O2. The van der Waals surface area contributed by atoms with Crippen LogP contribution in [-0.2, 0) is 9.53 Å². The molecule has 2 saturated carbocycles. The van der Waals surface area contributed by atoms with Gasteiger partial charge in [0.25, 0.3) is 0 Å². The van der Waals surface area contributed by atoms with Crippen LogP contribution < -0.4 is 5.73 Å². The van der Waals surface area contributed by atoms with Gasteiger partial charge >= 0.3 is 0 Å². The third-order valence-electron chi connectivity index (χ3n) is 5.25. The van der Waals surface area contributed by atoms with E-state index in [4.69, 9.17) is 10.5 Å². The predicted molar refractivity (Wildman–Crippen MR) is 73.6 cm³/mol. The predicted octanol–water partition coefficient (Wildman–Crippen LogP) is 1.53. The summed E-state index contributed by atoms with van der Waals surface area (Å²) in [5, 5.41) is 0. The van der Waals surface area contributed by atoms with Gasteiger partial charge in [-0.3, -0.25) is 4.79 Å². The van der Waals surface area contributed by atoms with Gasteiger partial charge in [-0.05, 0) is 44.4 Å². The van der Waals surface area contributed by atoms with E-state index in [0.717, 1.165) is 32.2 Å². The molecular weight excluding hydrogens is 240 g/mol. The molecule has 5 atom stereocenters. The minimum atomic E-state index is 0.0445. The Morgan fingerprint density at radius 1 is 1.26 bits per heavy atom. The normalized spacial score (nSPS) is 43.1. The first-order valence-corrected chi connectivity index (χ1v) is 7.84. The van der Waals surface area contributed by atoms with Crippen LogP contribution in [0.15, 0.2) is 0 Å². The zero-order valence-electron chi connectivity index (χ0n) is 11.9. The summed E-state index contributed by atoms with van der Waals surface area (Å²) >= 11 is 0. The van der Waals surface area contributed by atoms with E-state index in [1.807, 2.05) is 0 Å². The fraction of sp³-hybridized carbons (Fsp3) is 0.933. The molecule has 0 spiro atoms. The number of morpholine rings is 1. The Bertz CT molecular complexity index is 347. The summed E-state index contributed by atoms with van der Waals surface area (Å²) in [7, 11) is 0. The number of hydrogen-bond donors (Lipinski definition) is 1. The Morgan fingerprint density at radius 2 is 2.11 bits per heavy atom. The number of carbonyl (C=O) groups is 1. The minimum Gasteiger partial charge on any atom is -0.374 e. The van der Waals surface area contributed by atoms with Crippen molar-refractivity contribution in [2.45, 2.75) is 63.6 Å². The fourth-order valence-electron chi connectivity index (χ4n) is 4.10. The van der Waals surface area contributed by atoms with Gasteiger partial charge in [-0.15, -0.1) is 0 Å². The highest BCUT2D eigenvalue weighted by Gasteiger charge is 2.42. The van der Waals surface area contributed by atoms with Gasteiger partial charge in [-0.2, -0.15) is 0 Å². The van der Waals surface area contributed by atoms with E-state index in [2.05, 4.69) is 11.8 Å². The highest BCUT2D eigenvalue weighted by Crippen LogP contribution is 2.34. The van der Waals surface area contributed by atoms with Crippen molar-refractivity contribution in [3.05, 3.63) is 0 Å². The number of nitrogens with two attached hydrogens (primary N) is 1. The van der Waals surface area contributed by atoms with Gasteiger partial charge in [0.15, 0.2) is 0 Å². The topological polar surface area (TPSA) is 55.6 Å². The third kappa shape index (κ3) is 2.52. The SMILES string of the molecule is CC1CCC(N)C(C(=O)N2CCOC3CCCC32)C1. The highest BCUT2D eigenvalue weighted by atomic mass is 16.5. The summed E-state index contributed by atoms with van der Waals surface area (Å²) in [5.41, 5.74) is 6.21. The molecule has 1 aliphatic heterocycles. The Balaban J connectivity index is 1.71. The first kappa shape index (κ1) is 13.4. The minimum absolute atomic E-state index is 0.0445.